The zero-order valence-corrected chi connectivity index (χ0v) is 16.4. The molecule has 3 aromatic carbocycles. The second-order valence-corrected chi connectivity index (χ2v) is 6.60. The largest absolute Gasteiger partial charge is 0.489 e. The van der Waals surface area contributed by atoms with E-state index < -0.39 is 43.5 Å². The Morgan fingerprint density at radius 3 is 2.16 bits per heavy atom. The topological polar surface area (TPSA) is 145 Å². The Kier molecular flexibility index (Phi) is 6.32. The van der Waals surface area contributed by atoms with Crippen LogP contribution in [-0.4, -0.2) is 20.9 Å². The van der Waals surface area contributed by atoms with Gasteiger partial charge in [0.05, 0.1) is 15.9 Å². The highest BCUT2D eigenvalue weighted by molar-refractivity contribution is 6.36. The molecule has 0 aliphatic carbocycles. The van der Waals surface area contributed by atoms with E-state index in [1.54, 1.807) is 12.1 Å². The second-order valence-electron chi connectivity index (χ2n) is 6.22. The van der Waals surface area contributed by atoms with Gasteiger partial charge >= 0.3 is 11.7 Å². The van der Waals surface area contributed by atoms with Crippen LogP contribution in [0, 0.1) is 20.2 Å². The second kappa shape index (κ2) is 9.09. The summed E-state index contributed by atoms with van der Waals surface area (Å²) in [5, 5.41) is 33.9. The van der Waals surface area contributed by atoms with Crippen molar-refractivity contribution < 1.29 is 24.5 Å². The summed E-state index contributed by atoms with van der Waals surface area (Å²) in [6, 6.07) is 16.3. The van der Waals surface area contributed by atoms with Gasteiger partial charge in [0.1, 0.15) is 28.6 Å². The number of carboxylic acid groups (broad SMARTS) is 1. The fourth-order valence-corrected chi connectivity index (χ4v) is 3.05. The maximum atomic E-state index is 11.7. The Morgan fingerprint density at radius 1 is 1.00 bits per heavy atom. The predicted molar refractivity (Wildman–Crippen MR) is 112 cm³/mol. The lowest BCUT2D eigenvalue weighted by Crippen LogP contribution is -2.09. The first-order chi connectivity index (χ1) is 14.8. The highest BCUT2D eigenvalue weighted by atomic mass is 35.5. The van der Waals surface area contributed by atoms with Gasteiger partial charge in [0.25, 0.3) is 5.69 Å². The minimum atomic E-state index is -1.65. The average Bonchev–Trinajstić information content (AvgIpc) is 2.73. The highest BCUT2D eigenvalue weighted by Crippen LogP contribution is 2.41. The third kappa shape index (κ3) is 4.87. The number of anilines is 2. The Morgan fingerprint density at radius 2 is 1.61 bits per heavy atom. The molecule has 0 atom stereocenters. The van der Waals surface area contributed by atoms with Crippen molar-refractivity contribution in [1.29, 1.82) is 0 Å². The van der Waals surface area contributed by atoms with Gasteiger partial charge in [0.2, 0.25) is 0 Å². The summed E-state index contributed by atoms with van der Waals surface area (Å²) in [7, 11) is 0. The molecule has 10 nitrogen and oxygen atoms in total. The number of ether oxygens (including phenoxy) is 1. The van der Waals surface area contributed by atoms with Crippen LogP contribution in [0.2, 0.25) is 5.02 Å². The quantitative estimate of drug-likeness (QED) is 0.358. The summed E-state index contributed by atoms with van der Waals surface area (Å²) in [5.74, 6) is -1.13. The molecule has 0 amide bonds. The van der Waals surface area contributed by atoms with Crippen LogP contribution >= 0.6 is 11.6 Å². The molecule has 0 aromatic heterocycles. The molecule has 3 aromatic rings. The van der Waals surface area contributed by atoms with Crippen molar-refractivity contribution in [2.45, 2.75) is 6.61 Å². The zero-order chi connectivity index (χ0) is 22.5. The van der Waals surface area contributed by atoms with Crippen LogP contribution in [0.4, 0.5) is 22.7 Å². The molecule has 11 heteroatoms. The first-order valence-corrected chi connectivity index (χ1v) is 9.08. The fourth-order valence-electron chi connectivity index (χ4n) is 2.75. The molecule has 0 heterocycles. The van der Waals surface area contributed by atoms with Crippen LogP contribution in [0.15, 0.2) is 60.7 Å². The smallest absolute Gasteiger partial charge is 0.339 e. The highest BCUT2D eigenvalue weighted by Gasteiger charge is 2.32. The molecule has 0 radical (unpaired) electrons. The number of nitro benzene ring substituents is 2. The lowest BCUT2D eigenvalue weighted by atomic mass is 10.1. The molecule has 0 aliphatic heterocycles. The van der Waals surface area contributed by atoms with Gasteiger partial charge in [-0.15, -0.1) is 0 Å². The van der Waals surface area contributed by atoms with Crippen LogP contribution in [0.1, 0.15) is 15.9 Å². The van der Waals surface area contributed by atoms with Gasteiger partial charge in [-0.2, -0.15) is 0 Å². The number of benzene rings is 3. The Bertz CT molecular complexity index is 1150. The number of hydrogen-bond donors (Lipinski definition) is 2. The molecular weight excluding hydrogens is 430 g/mol. The minimum Gasteiger partial charge on any atom is -0.489 e. The molecule has 31 heavy (non-hydrogen) atoms. The van der Waals surface area contributed by atoms with Gasteiger partial charge in [-0.3, -0.25) is 20.2 Å². The van der Waals surface area contributed by atoms with E-state index in [1.165, 1.54) is 12.1 Å². The molecule has 0 unspecified atom stereocenters. The number of rotatable bonds is 8. The first-order valence-electron chi connectivity index (χ1n) is 8.70. The lowest BCUT2D eigenvalue weighted by molar-refractivity contribution is -0.393. The van der Waals surface area contributed by atoms with Gasteiger partial charge in [-0.25, -0.2) is 4.79 Å². The van der Waals surface area contributed by atoms with Crippen molar-refractivity contribution >= 4 is 40.3 Å². The van der Waals surface area contributed by atoms with Gasteiger partial charge in [-0.05, 0) is 29.8 Å². The van der Waals surface area contributed by atoms with E-state index in [0.717, 1.165) is 5.56 Å². The minimum absolute atomic E-state index is 0.294. The number of aromatic carboxylic acids is 1. The maximum Gasteiger partial charge on any atom is 0.339 e. The normalized spacial score (nSPS) is 10.4. The van der Waals surface area contributed by atoms with Gasteiger partial charge in [0, 0.05) is 5.69 Å². The van der Waals surface area contributed by atoms with Crippen LogP contribution in [0.25, 0.3) is 0 Å². The number of hydrogen-bond acceptors (Lipinski definition) is 7. The molecule has 0 saturated heterocycles. The summed E-state index contributed by atoms with van der Waals surface area (Å²) in [4.78, 5) is 32.3. The molecule has 0 fully saturated rings. The van der Waals surface area contributed by atoms with E-state index in [-0.39, 0.29) is 0 Å². The molecule has 2 N–H and O–H groups in total. The molecular formula is C20H14ClN3O7. The summed E-state index contributed by atoms with van der Waals surface area (Å²) < 4.78 is 5.66. The molecule has 158 valence electrons. The van der Waals surface area contributed by atoms with E-state index >= 15 is 0 Å². The van der Waals surface area contributed by atoms with Gasteiger partial charge < -0.3 is 15.2 Å². The van der Waals surface area contributed by atoms with Crippen LogP contribution in [0.5, 0.6) is 5.75 Å². The number of nitrogens with zero attached hydrogens (tertiary/aromatic N) is 2. The van der Waals surface area contributed by atoms with Gasteiger partial charge in [0.15, 0.2) is 0 Å². The number of carbonyl (C=O) groups is 1. The van der Waals surface area contributed by atoms with Gasteiger partial charge in [-0.1, -0.05) is 41.9 Å². The Balaban J connectivity index is 1.91. The monoisotopic (exact) mass is 443 g/mol. The molecule has 0 bridgehead atoms. The third-order valence-electron chi connectivity index (χ3n) is 4.20. The average molecular weight is 444 g/mol. The number of nitro groups is 2. The molecule has 3 rings (SSSR count). The Labute approximate surface area is 180 Å². The number of carboxylic acids is 1. The van der Waals surface area contributed by atoms with E-state index in [1.807, 2.05) is 30.3 Å². The maximum absolute atomic E-state index is 11.7. The van der Waals surface area contributed by atoms with Crippen molar-refractivity contribution in [3.8, 4) is 5.75 Å². The Hall–Kier alpha value is -4.18. The number of nitrogens with one attached hydrogen (secondary N) is 1. The predicted octanol–water partition coefficient (Wildman–Crippen LogP) is 5.18. The van der Waals surface area contributed by atoms with E-state index in [2.05, 4.69) is 5.32 Å². The van der Waals surface area contributed by atoms with Crippen molar-refractivity contribution in [1.82, 2.24) is 0 Å². The third-order valence-corrected chi connectivity index (χ3v) is 4.59. The van der Waals surface area contributed by atoms with Crippen molar-refractivity contribution in [3.05, 3.63) is 97.0 Å². The van der Waals surface area contributed by atoms with Crippen molar-refractivity contribution in [2.24, 2.45) is 0 Å². The molecule has 0 saturated carbocycles. The standard InChI is InChI=1S/C20H14ClN3O7/c21-18-15(23(27)28)10-16(24(29)30)19(17(18)20(25)26)22-13-6-8-14(9-7-13)31-11-12-4-2-1-3-5-12/h1-10,22H,11H2,(H,25,26). The summed E-state index contributed by atoms with van der Waals surface area (Å²) >= 11 is 5.87. The van der Waals surface area contributed by atoms with Crippen molar-refractivity contribution in [2.75, 3.05) is 5.32 Å². The lowest BCUT2D eigenvalue weighted by Gasteiger charge is -2.13. The number of halogens is 1. The summed E-state index contributed by atoms with van der Waals surface area (Å²) in [6.07, 6.45) is 0. The van der Waals surface area contributed by atoms with Crippen LogP contribution in [0.3, 0.4) is 0 Å². The molecule has 0 spiro atoms. The van der Waals surface area contributed by atoms with E-state index in [4.69, 9.17) is 16.3 Å². The van der Waals surface area contributed by atoms with Crippen molar-refractivity contribution in [3.63, 3.8) is 0 Å². The summed E-state index contributed by atoms with van der Waals surface area (Å²) in [6.45, 7) is 0.334. The first kappa shape index (κ1) is 21.5. The van der Waals surface area contributed by atoms with Crippen LogP contribution in [-0.2, 0) is 6.61 Å². The van der Waals surface area contributed by atoms with E-state index in [9.17, 15) is 30.1 Å². The van der Waals surface area contributed by atoms with E-state index in [0.29, 0.717) is 24.1 Å². The zero-order valence-electron chi connectivity index (χ0n) is 15.6. The summed E-state index contributed by atoms with van der Waals surface area (Å²) in [5.41, 5.74) is -1.65. The SMILES string of the molecule is O=C(O)c1c(Cl)c([N+](=O)[O-])cc([N+](=O)[O-])c1Nc1ccc(OCc2ccccc2)cc1. The molecule has 0 aliphatic rings. The van der Waals surface area contributed by atoms with Crippen LogP contribution < -0.4 is 10.1 Å². The fraction of sp³-hybridized carbons (Fsp3) is 0.0500.